The van der Waals surface area contributed by atoms with Crippen molar-refractivity contribution in [1.82, 2.24) is 0 Å². The summed E-state index contributed by atoms with van der Waals surface area (Å²) in [6.07, 6.45) is -0.660. The Kier molecular flexibility index (Phi) is 5.30. The first-order valence-corrected chi connectivity index (χ1v) is 5.38. The van der Waals surface area contributed by atoms with Gasteiger partial charge in [-0.1, -0.05) is 29.4 Å². The van der Waals surface area contributed by atoms with E-state index in [9.17, 15) is 9.18 Å². The number of ketones is 1. The molecule has 0 aromatic heterocycles. The lowest BCUT2D eigenvalue weighted by molar-refractivity contribution is 0.0721. The Morgan fingerprint density at radius 1 is 1.50 bits per heavy atom. The molecule has 6 heteroatoms. The summed E-state index contributed by atoms with van der Waals surface area (Å²) in [5.41, 5.74) is 9.60. The predicted octanol–water partition coefficient (Wildman–Crippen LogP) is 3.23. The highest BCUT2D eigenvalue weighted by Gasteiger charge is 2.22. The Morgan fingerprint density at radius 3 is 2.50 bits per heavy atom. The van der Waals surface area contributed by atoms with Gasteiger partial charge in [-0.15, -0.1) is 0 Å². The van der Waals surface area contributed by atoms with Crippen LogP contribution < -0.4 is 0 Å². The fourth-order valence-corrected chi connectivity index (χ4v) is 1.66. The molecular formula is C12H14FN3O2. The smallest absolute Gasteiger partial charge is 0.159 e. The number of carbonyl (C=O) groups is 1. The number of benzene rings is 1. The number of hydrogen-bond donors (Lipinski definition) is 0. The molecule has 0 N–H and O–H groups in total. The number of halogens is 1. The zero-order chi connectivity index (χ0) is 13.5. The molecule has 5 nitrogen and oxygen atoms in total. The summed E-state index contributed by atoms with van der Waals surface area (Å²) in [5, 5.41) is 3.36. The Morgan fingerprint density at radius 2 is 2.11 bits per heavy atom. The van der Waals surface area contributed by atoms with Gasteiger partial charge < -0.3 is 4.74 Å². The van der Waals surface area contributed by atoms with Crippen LogP contribution in [0.5, 0.6) is 0 Å². The van der Waals surface area contributed by atoms with Gasteiger partial charge in [0.1, 0.15) is 6.67 Å². The molecule has 0 aliphatic carbocycles. The Hall–Kier alpha value is -1.91. The van der Waals surface area contributed by atoms with E-state index in [4.69, 9.17) is 10.3 Å². The lowest BCUT2D eigenvalue weighted by Crippen LogP contribution is -2.20. The quantitative estimate of drug-likeness (QED) is 0.337. The first-order valence-electron chi connectivity index (χ1n) is 5.38. The van der Waals surface area contributed by atoms with Crippen molar-refractivity contribution in [1.29, 1.82) is 0 Å². The maximum atomic E-state index is 12.8. The third-order valence-electron chi connectivity index (χ3n) is 2.61. The fraction of sp³-hybridized carbons (Fsp3) is 0.417. The minimum absolute atomic E-state index is 0.0485. The van der Waals surface area contributed by atoms with E-state index in [0.717, 1.165) is 0 Å². The van der Waals surface area contributed by atoms with Crippen molar-refractivity contribution < 1.29 is 13.9 Å². The number of methoxy groups -OCH3 is 1. The Labute approximate surface area is 104 Å². The van der Waals surface area contributed by atoms with Crippen molar-refractivity contribution in [3.63, 3.8) is 0 Å². The summed E-state index contributed by atoms with van der Waals surface area (Å²) in [6.45, 7) is 0.657. The summed E-state index contributed by atoms with van der Waals surface area (Å²) in [7, 11) is 1.42. The van der Waals surface area contributed by atoms with Crippen molar-refractivity contribution in [2.24, 2.45) is 5.11 Å². The van der Waals surface area contributed by atoms with Crippen LogP contribution in [0.2, 0.25) is 0 Å². The van der Waals surface area contributed by atoms with E-state index < -0.39 is 18.8 Å². The zero-order valence-corrected chi connectivity index (χ0v) is 10.2. The van der Waals surface area contributed by atoms with Crippen LogP contribution in [0.25, 0.3) is 10.4 Å². The lowest BCUT2D eigenvalue weighted by Gasteiger charge is -2.20. The summed E-state index contributed by atoms with van der Waals surface area (Å²) in [4.78, 5) is 13.7. The molecule has 0 unspecified atom stereocenters. The summed E-state index contributed by atoms with van der Waals surface area (Å²) in [6, 6.07) is 5.69. The Balaban J connectivity index is 3.01. The highest BCUT2D eigenvalue weighted by Crippen LogP contribution is 2.24. The van der Waals surface area contributed by atoms with Crippen molar-refractivity contribution >= 4 is 5.78 Å². The molecular weight excluding hydrogens is 237 g/mol. The third-order valence-corrected chi connectivity index (χ3v) is 2.61. The molecule has 0 heterocycles. The van der Waals surface area contributed by atoms with Crippen LogP contribution in [-0.2, 0) is 4.74 Å². The van der Waals surface area contributed by atoms with E-state index in [1.165, 1.54) is 14.0 Å². The van der Waals surface area contributed by atoms with Crippen LogP contribution in [0.1, 0.15) is 28.9 Å². The van der Waals surface area contributed by atoms with E-state index in [-0.39, 0.29) is 5.78 Å². The normalized spacial score (nSPS) is 13.5. The first-order chi connectivity index (χ1) is 8.63. The molecule has 1 aromatic rings. The molecule has 0 spiro atoms. The first kappa shape index (κ1) is 14.2. The number of carbonyl (C=O) groups excluding carboxylic acids is 1. The molecule has 0 amide bonds. The molecule has 0 fully saturated rings. The van der Waals surface area contributed by atoms with Gasteiger partial charge in [-0.2, -0.15) is 0 Å². The van der Waals surface area contributed by atoms with Crippen LogP contribution >= 0.6 is 0 Å². The van der Waals surface area contributed by atoms with Gasteiger partial charge in [0.25, 0.3) is 0 Å². The standard InChI is InChI=1S/C12H14FN3O2/c1-8(17)9-3-5-10(6-4-9)12(18-2)11(7-13)15-16-14/h3-6,11-12H,7H2,1-2H3/t11-,12-/m1/s1. The number of alkyl halides is 1. The van der Waals surface area contributed by atoms with E-state index in [2.05, 4.69) is 10.0 Å². The number of hydrogen-bond acceptors (Lipinski definition) is 3. The van der Waals surface area contributed by atoms with Gasteiger partial charge in [0, 0.05) is 17.6 Å². The van der Waals surface area contributed by atoms with E-state index in [1.807, 2.05) is 0 Å². The second kappa shape index (κ2) is 6.74. The molecule has 18 heavy (non-hydrogen) atoms. The second-order valence-corrected chi connectivity index (χ2v) is 3.76. The Bertz CT molecular complexity index is 455. The number of rotatable bonds is 6. The van der Waals surface area contributed by atoms with Gasteiger partial charge in [-0.05, 0) is 18.0 Å². The lowest BCUT2D eigenvalue weighted by atomic mass is 10.0. The molecule has 96 valence electrons. The van der Waals surface area contributed by atoms with Crippen LogP contribution in [0.3, 0.4) is 0 Å². The molecule has 0 saturated heterocycles. The number of nitrogens with zero attached hydrogens (tertiary/aromatic N) is 3. The van der Waals surface area contributed by atoms with Crippen LogP contribution in [0, 0.1) is 0 Å². The van der Waals surface area contributed by atoms with E-state index in [1.54, 1.807) is 24.3 Å². The molecule has 2 atom stereocenters. The van der Waals surface area contributed by atoms with Crippen LogP contribution in [0.4, 0.5) is 4.39 Å². The van der Waals surface area contributed by atoms with Gasteiger partial charge in [0.05, 0.1) is 12.1 Å². The predicted molar refractivity (Wildman–Crippen MR) is 65.1 cm³/mol. The summed E-state index contributed by atoms with van der Waals surface area (Å²) in [5.74, 6) is -0.0485. The molecule has 1 aromatic carbocycles. The maximum Gasteiger partial charge on any atom is 0.159 e. The van der Waals surface area contributed by atoms with Crippen molar-refractivity contribution in [2.75, 3.05) is 13.8 Å². The van der Waals surface area contributed by atoms with Crippen molar-refractivity contribution in [3.05, 3.63) is 45.8 Å². The summed E-state index contributed by atoms with van der Waals surface area (Å²) < 4.78 is 17.9. The SMILES string of the molecule is CO[C@H](c1ccc(C(C)=O)cc1)[C@@H](CF)N=[N+]=[N-]. The van der Waals surface area contributed by atoms with Crippen molar-refractivity contribution in [3.8, 4) is 0 Å². The topological polar surface area (TPSA) is 75.1 Å². The molecule has 0 bridgehead atoms. The molecule has 0 saturated carbocycles. The van der Waals surface area contributed by atoms with Crippen LogP contribution in [-0.4, -0.2) is 25.6 Å². The number of Topliss-reactive ketones (excluding diaryl/α,β-unsaturated/α-hetero) is 1. The van der Waals surface area contributed by atoms with Gasteiger partial charge in [-0.25, -0.2) is 0 Å². The van der Waals surface area contributed by atoms with Gasteiger partial charge in [0.15, 0.2) is 5.78 Å². The highest BCUT2D eigenvalue weighted by molar-refractivity contribution is 5.94. The molecule has 1 rings (SSSR count). The van der Waals surface area contributed by atoms with Gasteiger partial charge in [0.2, 0.25) is 0 Å². The van der Waals surface area contributed by atoms with E-state index in [0.29, 0.717) is 11.1 Å². The minimum Gasteiger partial charge on any atom is -0.376 e. The van der Waals surface area contributed by atoms with Crippen LogP contribution in [0.15, 0.2) is 29.4 Å². The zero-order valence-electron chi connectivity index (χ0n) is 10.2. The second-order valence-electron chi connectivity index (χ2n) is 3.76. The fourth-order valence-electron chi connectivity index (χ4n) is 1.66. The highest BCUT2D eigenvalue weighted by atomic mass is 19.1. The third kappa shape index (κ3) is 3.29. The average molecular weight is 251 g/mol. The van der Waals surface area contributed by atoms with Crippen molar-refractivity contribution in [2.45, 2.75) is 19.1 Å². The van der Waals surface area contributed by atoms with Gasteiger partial charge in [-0.3, -0.25) is 9.18 Å². The number of ether oxygens (including phenoxy) is 1. The molecule has 0 aliphatic rings. The largest absolute Gasteiger partial charge is 0.376 e. The summed E-state index contributed by atoms with van der Waals surface area (Å²) >= 11 is 0. The monoisotopic (exact) mass is 251 g/mol. The number of azide groups is 1. The van der Waals surface area contributed by atoms with Gasteiger partial charge >= 0.3 is 0 Å². The maximum absolute atomic E-state index is 12.8. The molecule has 0 aliphatic heterocycles. The minimum atomic E-state index is -0.914. The molecule has 0 radical (unpaired) electrons. The van der Waals surface area contributed by atoms with E-state index >= 15 is 0 Å². The average Bonchev–Trinajstić information content (AvgIpc) is 2.39.